The number of allylic oxidation sites excluding steroid dienone is 3. The van der Waals surface area contributed by atoms with Crippen molar-refractivity contribution in [3.8, 4) is 11.5 Å². The van der Waals surface area contributed by atoms with Crippen molar-refractivity contribution in [2.75, 3.05) is 13.7 Å². The lowest BCUT2D eigenvalue weighted by molar-refractivity contribution is -0.139. The van der Waals surface area contributed by atoms with E-state index in [1.54, 1.807) is 12.1 Å². The largest absolute Gasteiger partial charge is 0.504 e. The summed E-state index contributed by atoms with van der Waals surface area (Å²) < 4.78 is 10.8. The standard InChI is InChI=1S/C27H28ClNO5/c1-4-11-34-27(32)24-15(2)29-20-12-18(16-5-8-19(28)9-6-16)13-22(31)26(20)25(24)17-7-10-21(30)23(14-17)33-3/h5-10,14,18,25,29-30H,4,11-13H2,1-3H3/t18-,25+/m1/s1. The molecular formula is C27H28ClNO5. The molecule has 2 aromatic rings. The van der Waals surface area contributed by atoms with E-state index < -0.39 is 11.9 Å². The fourth-order valence-corrected chi connectivity index (χ4v) is 4.89. The van der Waals surface area contributed by atoms with E-state index in [2.05, 4.69) is 5.32 Å². The summed E-state index contributed by atoms with van der Waals surface area (Å²) in [6.07, 6.45) is 1.64. The van der Waals surface area contributed by atoms with Crippen molar-refractivity contribution >= 4 is 23.4 Å². The number of phenolic OH excluding ortho intramolecular Hbond substituents is 1. The van der Waals surface area contributed by atoms with Crippen molar-refractivity contribution in [3.05, 3.63) is 81.2 Å². The Morgan fingerprint density at radius 1 is 1.15 bits per heavy atom. The maximum atomic E-state index is 13.6. The quantitative estimate of drug-likeness (QED) is 0.539. The Labute approximate surface area is 204 Å². The van der Waals surface area contributed by atoms with E-state index in [4.69, 9.17) is 21.1 Å². The smallest absolute Gasteiger partial charge is 0.336 e. The molecule has 0 unspecified atom stereocenters. The van der Waals surface area contributed by atoms with Gasteiger partial charge in [-0.2, -0.15) is 0 Å². The van der Waals surface area contributed by atoms with Crippen LogP contribution < -0.4 is 10.1 Å². The van der Waals surface area contributed by atoms with Crippen LogP contribution in [0.2, 0.25) is 5.02 Å². The van der Waals surface area contributed by atoms with Crippen molar-refractivity contribution in [2.45, 2.75) is 44.9 Å². The van der Waals surface area contributed by atoms with Gasteiger partial charge in [0, 0.05) is 34.3 Å². The van der Waals surface area contributed by atoms with Crippen molar-refractivity contribution in [1.82, 2.24) is 5.32 Å². The lowest BCUT2D eigenvalue weighted by Gasteiger charge is -2.36. The number of dihydropyridines is 1. The number of hydrogen-bond donors (Lipinski definition) is 2. The highest BCUT2D eigenvalue weighted by Gasteiger charge is 2.41. The Morgan fingerprint density at radius 2 is 1.85 bits per heavy atom. The number of methoxy groups -OCH3 is 1. The van der Waals surface area contributed by atoms with E-state index in [1.165, 1.54) is 13.2 Å². The minimum Gasteiger partial charge on any atom is -0.504 e. The van der Waals surface area contributed by atoms with E-state index in [0.29, 0.717) is 53.3 Å². The maximum Gasteiger partial charge on any atom is 0.336 e. The lowest BCUT2D eigenvalue weighted by atomic mass is 9.71. The van der Waals surface area contributed by atoms with Crippen molar-refractivity contribution in [2.24, 2.45) is 0 Å². The first-order valence-corrected chi connectivity index (χ1v) is 11.7. The molecular weight excluding hydrogens is 454 g/mol. The summed E-state index contributed by atoms with van der Waals surface area (Å²) in [7, 11) is 1.46. The highest BCUT2D eigenvalue weighted by Crippen LogP contribution is 2.47. The molecule has 178 valence electrons. The number of ether oxygens (including phenoxy) is 2. The number of hydrogen-bond acceptors (Lipinski definition) is 6. The number of ketones is 1. The molecule has 2 aliphatic rings. The molecule has 0 fully saturated rings. The summed E-state index contributed by atoms with van der Waals surface area (Å²) in [4.78, 5) is 26.7. The van der Waals surface area contributed by atoms with E-state index >= 15 is 0 Å². The highest BCUT2D eigenvalue weighted by atomic mass is 35.5. The molecule has 0 saturated heterocycles. The van der Waals surface area contributed by atoms with Crippen LogP contribution in [0.15, 0.2) is 65.0 Å². The molecule has 7 heteroatoms. The van der Waals surface area contributed by atoms with Gasteiger partial charge in [-0.05, 0) is 61.1 Å². The summed E-state index contributed by atoms with van der Waals surface area (Å²) in [6, 6.07) is 12.5. The van der Waals surface area contributed by atoms with E-state index in [-0.39, 0.29) is 23.2 Å². The number of carbonyl (C=O) groups excluding carboxylic acids is 2. The predicted molar refractivity (Wildman–Crippen MR) is 130 cm³/mol. The number of aromatic hydroxyl groups is 1. The summed E-state index contributed by atoms with van der Waals surface area (Å²) in [5, 5.41) is 14.1. The van der Waals surface area contributed by atoms with Gasteiger partial charge in [0.25, 0.3) is 0 Å². The third kappa shape index (κ3) is 4.55. The summed E-state index contributed by atoms with van der Waals surface area (Å²) in [5.74, 6) is -0.828. The molecule has 0 bridgehead atoms. The number of rotatable bonds is 6. The number of phenols is 1. The zero-order chi connectivity index (χ0) is 24.4. The van der Waals surface area contributed by atoms with Crippen molar-refractivity contribution in [3.63, 3.8) is 0 Å². The van der Waals surface area contributed by atoms with Crippen LogP contribution in [0.25, 0.3) is 0 Å². The topological polar surface area (TPSA) is 84.9 Å². The minimum absolute atomic E-state index is 0.00686. The van der Waals surface area contributed by atoms with Crippen molar-refractivity contribution in [1.29, 1.82) is 0 Å². The van der Waals surface area contributed by atoms with Gasteiger partial charge in [-0.1, -0.05) is 36.7 Å². The Bertz CT molecular complexity index is 1180. The zero-order valence-electron chi connectivity index (χ0n) is 19.5. The predicted octanol–water partition coefficient (Wildman–Crippen LogP) is 5.37. The normalized spacial score (nSPS) is 20.1. The van der Waals surface area contributed by atoms with Crippen LogP contribution in [0.5, 0.6) is 11.5 Å². The number of Topliss-reactive ketones (excluding diaryl/α,β-unsaturated/α-hetero) is 1. The monoisotopic (exact) mass is 481 g/mol. The third-order valence-electron chi connectivity index (χ3n) is 6.36. The van der Waals surface area contributed by atoms with Crippen LogP contribution in [0.4, 0.5) is 0 Å². The zero-order valence-corrected chi connectivity index (χ0v) is 20.2. The average Bonchev–Trinajstić information content (AvgIpc) is 2.82. The average molecular weight is 482 g/mol. The number of benzene rings is 2. The van der Waals surface area contributed by atoms with Gasteiger partial charge >= 0.3 is 5.97 Å². The Hall–Kier alpha value is -3.25. The van der Waals surface area contributed by atoms with Gasteiger partial charge in [0.05, 0.1) is 19.3 Å². The molecule has 4 rings (SSSR count). The SMILES string of the molecule is CCCOC(=O)C1=C(C)NC2=C(C(=O)C[C@H](c3ccc(Cl)cc3)C2)[C@H]1c1ccc(O)c(OC)c1. The van der Waals surface area contributed by atoms with E-state index in [0.717, 1.165) is 11.3 Å². The molecule has 2 N–H and O–H groups in total. The van der Waals surface area contributed by atoms with Gasteiger partial charge in [-0.25, -0.2) is 4.79 Å². The first-order chi connectivity index (χ1) is 16.3. The van der Waals surface area contributed by atoms with Gasteiger partial charge in [-0.3, -0.25) is 4.79 Å². The molecule has 1 aliphatic heterocycles. The molecule has 0 saturated carbocycles. The number of esters is 1. The molecule has 0 spiro atoms. The van der Waals surface area contributed by atoms with Crippen molar-refractivity contribution < 1.29 is 24.2 Å². The van der Waals surface area contributed by atoms with Gasteiger partial charge < -0.3 is 19.9 Å². The van der Waals surface area contributed by atoms with Gasteiger partial charge in [-0.15, -0.1) is 0 Å². The molecule has 0 aromatic heterocycles. The molecule has 1 heterocycles. The van der Waals surface area contributed by atoms with E-state index in [9.17, 15) is 14.7 Å². The second-order valence-electron chi connectivity index (χ2n) is 8.64. The maximum absolute atomic E-state index is 13.6. The number of nitrogens with one attached hydrogen (secondary N) is 1. The first kappa shape index (κ1) is 23.9. The van der Waals surface area contributed by atoms with Gasteiger partial charge in [0.1, 0.15) is 0 Å². The Balaban J connectivity index is 1.80. The lowest BCUT2D eigenvalue weighted by Crippen LogP contribution is -2.36. The molecule has 0 amide bonds. The van der Waals surface area contributed by atoms with E-state index in [1.807, 2.05) is 38.1 Å². The summed E-state index contributed by atoms with van der Waals surface area (Å²) in [5.41, 5.74) is 4.15. The second-order valence-corrected chi connectivity index (χ2v) is 9.07. The Kier molecular flexibility index (Phi) is 6.98. The number of halogens is 1. The van der Waals surface area contributed by atoms with Crippen LogP contribution in [0, 0.1) is 0 Å². The molecule has 34 heavy (non-hydrogen) atoms. The number of carbonyl (C=O) groups is 2. The van der Waals surface area contributed by atoms with Gasteiger partial charge in [0.2, 0.25) is 0 Å². The van der Waals surface area contributed by atoms with Crippen LogP contribution in [0.1, 0.15) is 56.1 Å². The Morgan fingerprint density at radius 3 is 2.53 bits per heavy atom. The van der Waals surface area contributed by atoms with Crippen LogP contribution in [0.3, 0.4) is 0 Å². The molecule has 6 nitrogen and oxygen atoms in total. The van der Waals surface area contributed by atoms with Crippen LogP contribution >= 0.6 is 11.6 Å². The first-order valence-electron chi connectivity index (χ1n) is 11.4. The molecule has 0 radical (unpaired) electrons. The molecule has 2 atom stereocenters. The van der Waals surface area contributed by atoms with Gasteiger partial charge in [0.15, 0.2) is 17.3 Å². The summed E-state index contributed by atoms with van der Waals surface area (Å²) in [6.45, 7) is 4.05. The summed E-state index contributed by atoms with van der Waals surface area (Å²) >= 11 is 6.05. The molecule has 1 aliphatic carbocycles. The van der Waals surface area contributed by atoms with Crippen LogP contribution in [-0.4, -0.2) is 30.6 Å². The highest BCUT2D eigenvalue weighted by molar-refractivity contribution is 6.30. The second kappa shape index (κ2) is 9.94. The minimum atomic E-state index is -0.617. The fourth-order valence-electron chi connectivity index (χ4n) is 4.76. The third-order valence-corrected chi connectivity index (χ3v) is 6.62. The van der Waals surface area contributed by atoms with Crippen LogP contribution in [-0.2, 0) is 14.3 Å². The fraction of sp³-hybridized carbons (Fsp3) is 0.333. The molecule has 2 aromatic carbocycles.